The number of aromatic hydroxyl groups is 1. The summed E-state index contributed by atoms with van der Waals surface area (Å²) in [5.41, 5.74) is 9.69. The molecular weight excluding hydrogens is 610 g/mol. The van der Waals surface area contributed by atoms with Gasteiger partial charge in [-0.1, -0.05) is 43.2 Å². The lowest BCUT2D eigenvalue weighted by Crippen LogP contribution is -2.34. The first-order chi connectivity index (χ1) is 23.8. The van der Waals surface area contributed by atoms with E-state index in [0.29, 0.717) is 24.5 Å². The summed E-state index contributed by atoms with van der Waals surface area (Å²) < 4.78 is 6.54. The van der Waals surface area contributed by atoms with Crippen LogP contribution in [0.25, 0.3) is 11.6 Å². The molecule has 2 aliphatic heterocycles. The Kier molecular flexibility index (Phi) is 9.19. The smallest absolute Gasteiger partial charge is 0.238 e. The van der Waals surface area contributed by atoms with Crippen molar-refractivity contribution in [2.24, 2.45) is 17.8 Å². The van der Waals surface area contributed by atoms with Gasteiger partial charge in [0, 0.05) is 23.5 Å². The SMILES string of the molecule is CCCC1=C2[C@@H](CC/C(=C/c3cc(C)c(O)c(C)c3)c3ccccn3)OC[C@@H]2[C@@H]2C(=O)N(c3ccc(Nc4ccccc4)cc3)C(=O)[C@@H]2C1. The molecule has 0 spiro atoms. The molecule has 2 fully saturated rings. The van der Waals surface area contributed by atoms with E-state index in [1.54, 1.807) is 0 Å². The summed E-state index contributed by atoms with van der Waals surface area (Å²) in [7, 11) is 0. The van der Waals surface area contributed by atoms with Crippen LogP contribution in [0.1, 0.15) is 61.4 Å². The number of phenolic OH excluding ortho intramolecular Hbond substituents is 1. The first-order valence-corrected chi connectivity index (χ1v) is 17.4. The van der Waals surface area contributed by atoms with Gasteiger partial charge in [-0.15, -0.1) is 0 Å². The van der Waals surface area contributed by atoms with Gasteiger partial charge in [0.25, 0.3) is 0 Å². The van der Waals surface area contributed by atoms with E-state index in [2.05, 4.69) is 23.3 Å². The first-order valence-electron chi connectivity index (χ1n) is 17.4. The number of carbonyl (C=O) groups is 2. The number of anilines is 3. The van der Waals surface area contributed by atoms with Crippen LogP contribution in [-0.2, 0) is 14.3 Å². The van der Waals surface area contributed by atoms with E-state index in [4.69, 9.17) is 4.74 Å². The minimum atomic E-state index is -0.413. The summed E-state index contributed by atoms with van der Waals surface area (Å²) in [5.74, 6) is -0.775. The Bertz CT molecular complexity index is 1890. The average molecular weight is 654 g/mol. The Balaban J connectivity index is 1.13. The zero-order chi connectivity index (χ0) is 34.1. The van der Waals surface area contributed by atoms with Crippen molar-refractivity contribution in [3.63, 3.8) is 0 Å². The Morgan fingerprint density at radius 2 is 1.65 bits per heavy atom. The van der Waals surface area contributed by atoms with Crippen LogP contribution < -0.4 is 10.2 Å². The molecule has 3 heterocycles. The maximum atomic E-state index is 14.1. The van der Waals surface area contributed by atoms with Gasteiger partial charge in [0.15, 0.2) is 0 Å². The molecule has 7 nitrogen and oxygen atoms in total. The number of allylic oxidation sites excluding steroid dienone is 2. The number of nitrogens with one attached hydrogen (secondary N) is 1. The molecule has 0 unspecified atom stereocenters. The van der Waals surface area contributed by atoms with E-state index in [9.17, 15) is 14.7 Å². The molecule has 3 aliphatic rings. The number of phenols is 1. The fraction of sp³-hybridized carbons (Fsp3) is 0.310. The van der Waals surface area contributed by atoms with Crippen molar-refractivity contribution in [2.45, 2.75) is 59.0 Å². The predicted octanol–water partition coefficient (Wildman–Crippen LogP) is 8.79. The zero-order valence-corrected chi connectivity index (χ0v) is 28.4. The van der Waals surface area contributed by atoms with Crippen LogP contribution in [0.4, 0.5) is 17.1 Å². The summed E-state index contributed by atoms with van der Waals surface area (Å²) in [6.45, 7) is 6.44. The normalized spacial score (nSPS) is 22.0. The zero-order valence-electron chi connectivity index (χ0n) is 28.4. The van der Waals surface area contributed by atoms with E-state index in [0.717, 1.165) is 65.0 Å². The van der Waals surface area contributed by atoms with Crippen molar-refractivity contribution in [3.8, 4) is 5.75 Å². The topological polar surface area (TPSA) is 91.8 Å². The number of amides is 2. The summed E-state index contributed by atoms with van der Waals surface area (Å²) >= 11 is 0. The van der Waals surface area contributed by atoms with Gasteiger partial charge in [0.05, 0.1) is 35.9 Å². The van der Waals surface area contributed by atoms with E-state index < -0.39 is 5.92 Å². The van der Waals surface area contributed by atoms with Gasteiger partial charge in [0.1, 0.15) is 5.75 Å². The highest BCUT2D eigenvalue weighted by Crippen LogP contribution is 2.51. The molecule has 2 amide bonds. The maximum Gasteiger partial charge on any atom is 0.238 e. The third kappa shape index (κ3) is 6.43. The van der Waals surface area contributed by atoms with Crippen LogP contribution in [0, 0.1) is 31.6 Å². The lowest BCUT2D eigenvalue weighted by atomic mass is 9.68. The fourth-order valence-electron chi connectivity index (χ4n) is 8.04. The van der Waals surface area contributed by atoms with E-state index >= 15 is 0 Å². The number of aryl methyl sites for hydroxylation is 2. The van der Waals surface area contributed by atoms with E-state index in [1.807, 2.05) is 105 Å². The summed E-state index contributed by atoms with van der Waals surface area (Å²) in [5, 5.41) is 13.7. The number of nitrogens with zero attached hydrogens (tertiary/aromatic N) is 2. The highest BCUT2D eigenvalue weighted by Gasteiger charge is 2.57. The lowest BCUT2D eigenvalue weighted by Gasteiger charge is -2.32. The second kappa shape index (κ2) is 13.8. The van der Waals surface area contributed by atoms with Gasteiger partial charge in [-0.05, 0) is 134 Å². The summed E-state index contributed by atoms with van der Waals surface area (Å²) in [6, 6.07) is 27.4. The molecule has 7 heteroatoms. The van der Waals surface area contributed by atoms with Crippen molar-refractivity contribution in [3.05, 3.63) is 125 Å². The number of benzene rings is 3. The van der Waals surface area contributed by atoms with Crippen LogP contribution >= 0.6 is 0 Å². The average Bonchev–Trinajstić information content (AvgIpc) is 3.64. The summed E-state index contributed by atoms with van der Waals surface area (Å²) in [4.78, 5) is 34.2. The quantitative estimate of drug-likeness (QED) is 0.131. The molecule has 7 rings (SSSR count). The second-order valence-electron chi connectivity index (χ2n) is 13.6. The standard InChI is InChI=1S/C42H43N3O4/c1-4-10-30-24-34-39(42(48)45(41(34)47)33-17-15-32(16-18-33)44-31-11-6-5-7-12-31)35-25-49-37(38(30)35)19-14-29(36-13-8-9-20-43-36)23-28-21-26(2)40(46)27(3)22-28/h5-9,11-13,15-18,20-23,34-35,37,39,44,46H,4,10,14,19,24-25H2,1-3H3/b29-23-/t34-,35+,37-,39-/m1/s1. The second-order valence-corrected chi connectivity index (χ2v) is 13.6. The number of rotatable bonds is 10. The van der Waals surface area contributed by atoms with Crippen LogP contribution in [0.2, 0.25) is 0 Å². The number of hydrogen-bond donors (Lipinski definition) is 2. The molecule has 4 aromatic rings. The number of carbonyl (C=O) groups excluding carboxylic acids is 2. The van der Waals surface area contributed by atoms with Gasteiger partial charge < -0.3 is 15.2 Å². The number of aromatic nitrogens is 1. The predicted molar refractivity (Wildman–Crippen MR) is 194 cm³/mol. The van der Waals surface area contributed by atoms with Crippen molar-refractivity contribution in [1.29, 1.82) is 0 Å². The Labute approximate surface area is 288 Å². The lowest BCUT2D eigenvalue weighted by molar-refractivity contribution is -0.122. The monoisotopic (exact) mass is 653 g/mol. The van der Waals surface area contributed by atoms with Gasteiger partial charge in [-0.2, -0.15) is 0 Å². The van der Waals surface area contributed by atoms with Gasteiger partial charge >= 0.3 is 0 Å². The van der Waals surface area contributed by atoms with Gasteiger partial charge in [0.2, 0.25) is 11.8 Å². The number of hydrogen-bond acceptors (Lipinski definition) is 6. The Morgan fingerprint density at radius 3 is 2.35 bits per heavy atom. The molecular formula is C42H43N3O4. The number of fused-ring (bicyclic) bond motifs is 3. The first kappa shape index (κ1) is 32.5. The molecule has 0 radical (unpaired) electrons. The van der Waals surface area contributed by atoms with Crippen molar-refractivity contribution in [2.75, 3.05) is 16.8 Å². The van der Waals surface area contributed by atoms with Gasteiger partial charge in [-0.3, -0.25) is 19.5 Å². The summed E-state index contributed by atoms with van der Waals surface area (Å²) in [6.07, 6.45) is 7.79. The fourth-order valence-corrected chi connectivity index (χ4v) is 8.04. The van der Waals surface area contributed by atoms with Crippen LogP contribution in [0.3, 0.4) is 0 Å². The largest absolute Gasteiger partial charge is 0.507 e. The Morgan fingerprint density at radius 1 is 0.939 bits per heavy atom. The minimum Gasteiger partial charge on any atom is -0.507 e. The molecule has 0 bridgehead atoms. The molecule has 2 saturated heterocycles. The van der Waals surface area contributed by atoms with Crippen LogP contribution in [0.15, 0.2) is 102 Å². The highest BCUT2D eigenvalue weighted by molar-refractivity contribution is 6.22. The molecule has 2 N–H and O–H groups in total. The molecule has 4 atom stereocenters. The highest BCUT2D eigenvalue weighted by atomic mass is 16.5. The van der Waals surface area contributed by atoms with Gasteiger partial charge in [-0.25, -0.2) is 0 Å². The molecule has 0 saturated carbocycles. The molecule has 1 aliphatic carbocycles. The molecule has 250 valence electrons. The number of para-hydroxylation sites is 1. The van der Waals surface area contributed by atoms with Crippen molar-refractivity contribution >= 4 is 40.5 Å². The maximum absolute atomic E-state index is 14.1. The minimum absolute atomic E-state index is 0.101. The number of pyridine rings is 1. The van der Waals surface area contributed by atoms with Crippen molar-refractivity contribution in [1.82, 2.24) is 4.98 Å². The van der Waals surface area contributed by atoms with Crippen LogP contribution in [-0.4, -0.2) is 34.6 Å². The number of imide groups is 1. The van der Waals surface area contributed by atoms with E-state index in [-0.39, 0.29) is 29.8 Å². The van der Waals surface area contributed by atoms with E-state index in [1.165, 1.54) is 16.0 Å². The molecule has 49 heavy (non-hydrogen) atoms. The Hall–Kier alpha value is -5.01. The third-order valence-electron chi connectivity index (χ3n) is 10.3. The third-order valence-corrected chi connectivity index (χ3v) is 10.3. The molecule has 1 aromatic heterocycles. The molecule has 3 aromatic carbocycles. The number of ether oxygens (including phenoxy) is 1. The van der Waals surface area contributed by atoms with Crippen LogP contribution in [0.5, 0.6) is 5.75 Å². The van der Waals surface area contributed by atoms with Crippen molar-refractivity contribution < 1.29 is 19.4 Å².